The van der Waals surface area contributed by atoms with Gasteiger partial charge in [0.05, 0.1) is 16.8 Å². The van der Waals surface area contributed by atoms with Crippen LogP contribution in [-0.4, -0.2) is 30.0 Å². The molecule has 1 saturated carbocycles. The molecule has 4 atom stereocenters. The normalized spacial score (nSPS) is 28.2. The van der Waals surface area contributed by atoms with Crippen LogP contribution >= 0.6 is 23.2 Å². The van der Waals surface area contributed by atoms with Gasteiger partial charge in [-0.05, 0) is 61.8 Å². The summed E-state index contributed by atoms with van der Waals surface area (Å²) in [5.41, 5.74) is 9.78. The van der Waals surface area contributed by atoms with Gasteiger partial charge in [-0.25, -0.2) is 10.4 Å². The van der Waals surface area contributed by atoms with Gasteiger partial charge in [0.25, 0.3) is 5.91 Å². The van der Waals surface area contributed by atoms with Crippen LogP contribution in [0.5, 0.6) is 0 Å². The van der Waals surface area contributed by atoms with Crippen molar-refractivity contribution in [1.82, 2.24) is 15.9 Å². The topological polar surface area (TPSA) is 47.6 Å². The first-order valence-corrected chi connectivity index (χ1v) is 11.9. The molecule has 2 saturated heterocycles. The van der Waals surface area contributed by atoms with Crippen molar-refractivity contribution in [2.75, 3.05) is 18.1 Å². The van der Waals surface area contributed by atoms with Gasteiger partial charge in [-0.15, -0.1) is 0 Å². The number of nitrogens with zero attached hydrogens (tertiary/aromatic N) is 2. The van der Waals surface area contributed by atoms with Gasteiger partial charge in [-0.2, -0.15) is 0 Å². The smallest absolute Gasteiger partial charge is 0.253 e. The van der Waals surface area contributed by atoms with E-state index in [1.807, 2.05) is 17.1 Å². The van der Waals surface area contributed by atoms with Gasteiger partial charge in [0.1, 0.15) is 6.04 Å². The van der Waals surface area contributed by atoms with E-state index in [1.165, 1.54) is 24.8 Å². The van der Waals surface area contributed by atoms with Gasteiger partial charge in [0.15, 0.2) is 0 Å². The zero-order valence-corrected chi connectivity index (χ0v) is 19.2. The van der Waals surface area contributed by atoms with E-state index >= 15 is 0 Å². The van der Waals surface area contributed by atoms with Crippen molar-refractivity contribution in [3.05, 3.63) is 63.6 Å². The Balaban J connectivity index is 1.36. The molecule has 7 heteroatoms. The summed E-state index contributed by atoms with van der Waals surface area (Å²) in [7, 11) is 0. The number of anilines is 1. The third-order valence-electron chi connectivity index (χ3n) is 7.01. The maximum atomic E-state index is 13.2. The third kappa shape index (κ3) is 4.29. The average Bonchev–Trinajstić information content (AvgIpc) is 3.43. The molecule has 2 heterocycles. The Morgan fingerprint density at radius 1 is 1.06 bits per heavy atom. The SMILES string of the molecule is Cc1ccc(C2CC(C(=O)NN3CC4CCCC4C3)NN2c2ccc(Cl)cc2Cl)cc1. The van der Waals surface area contributed by atoms with Crippen LogP contribution in [0.4, 0.5) is 5.69 Å². The average molecular weight is 459 g/mol. The first kappa shape index (κ1) is 21.1. The van der Waals surface area contributed by atoms with Crippen molar-refractivity contribution >= 4 is 34.8 Å². The number of aryl methyl sites for hydroxylation is 1. The Hall–Kier alpha value is -1.79. The van der Waals surface area contributed by atoms with Crippen LogP contribution in [0.25, 0.3) is 0 Å². The summed E-state index contributed by atoms with van der Waals surface area (Å²) >= 11 is 12.6. The number of benzene rings is 2. The Labute approximate surface area is 193 Å². The minimum absolute atomic E-state index is 0.00650. The fourth-order valence-corrected chi connectivity index (χ4v) is 5.85. The first-order valence-electron chi connectivity index (χ1n) is 11.1. The van der Waals surface area contributed by atoms with Crippen LogP contribution in [0.15, 0.2) is 42.5 Å². The molecule has 3 fully saturated rings. The molecule has 0 spiro atoms. The van der Waals surface area contributed by atoms with E-state index in [0.29, 0.717) is 16.5 Å². The van der Waals surface area contributed by atoms with Crippen LogP contribution in [0.3, 0.4) is 0 Å². The quantitative estimate of drug-likeness (QED) is 0.684. The minimum atomic E-state index is -0.335. The zero-order chi connectivity index (χ0) is 21.5. The highest BCUT2D eigenvalue weighted by Crippen LogP contribution is 2.39. The number of nitrogens with one attached hydrogen (secondary N) is 2. The number of hydrogen-bond acceptors (Lipinski definition) is 4. The van der Waals surface area contributed by atoms with Gasteiger partial charge in [0, 0.05) is 18.1 Å². The van der Waals surface area contributed by atoms with Crippen LogP contribution in [-0.2, 0) is 4.79 Å². The van der Waals surface area contributed by atoms with Crippen LogP contribution in [0, 0.1) is 18.8 Å². The molecule has 2 N–H and O–H groups in total. The number of rotatable bonds is 4. The minimum Gasteiger partial charge on any atom is -0.299 e. The van der Waals surface area contributed by atoms with Crippen molar-refractivity contribution in [2.45, 2.75) is 44.7 Å². The fourth-order valence-electron chi connectivity index (χ4n) is 5.35. The predicted molar refractivity (Wildman–Crippen MR) is 125 cm³/mol. The molecule has 0 aromatic heterocycles. The largest absolute Gasteiger partial charge is 0.299 e. The number of hydrogen-bond donors (Lipinski definition) is 2. The lowest BCUT2D eigenvalue weighted by atomic mass is 9.99. The first-order chi connectivity index (χ1) is 15.0. The highest BCUT2D eigenvalue weighted by molar-refractivity contribution is 6.36. The van der Waals surface area contributed by atoms with Gasteiger partial charge >= 0.3 is 0 Å². The summed E-state index contributed by atoms with van der Waals surface area (Å²) in [6.45, 7) is 4.01. The summed E-state index contributed by atoms with van der Waals surface area (Å²) in [6, 6.07) is 13.6. The summed E-state index contributed by atoms with van der Waals surface area (Å²) in [6.07, 6.45) is 4.57. The number of carbonyl (C=O) groups excluding carboxylic acids is 1. The van der Waals surface area contributed by atoms with Crippen molar-refractivity contribution in [1.29, 1.82) is 0 Å². The van der Waals surface area contributed by atoms with E-state index in [9.17, 15) is 4.79 Å². The van der Waals surface area contributed by atoms with Crippen molar-refractivity contribution in [3.63, 3.8) is 0 Å². The Morgan fingerprint density at radius 2 is 1.77 bits per heavy atom. The van der Waals surface area contributed by atoms with Gasteiger partial charge in [-0.3, -0.25) is 15.2 Å². The molecule has 2 aliphatic heterocycles. The lowest BCUT2D eigenvalue weighted by Gasteiger charge is -2.28. The van der Waals surface area contributed by atoms with Gasteiger partial charge < -0.3 is 0 Å². The fraction of sp³-hybridized carbons (Fsp3) is 0.458. The number of halogens is 2. The molecule has 0 bridgehead atoms. The van der Waals surface area contributed by atoms with E-state index in [2.05, 4.69) is 47.0 Å². The molecule has 1 amide bonds. The molecule has 2 aromatic rings. The molecule has 3 aliphatic rings. The number of carbonyl (C=O) groups is 1. The second-order valence-electron chi connectivity index (χ2n) is 9.14. The van der Waals surface area contributed by atoms with E-state index < -0.39 is 0 Å². The molecule has 5 rings (SSSR count). The Kier molecular flexibility index (Phi) is 5.86. The predicted octanol–water partition coefficient (Wildman–Crippen LogP) is 4.89. The second-order valence-corrected chi connectivity index (χ2v) is 9.99. The number of fused-ring (bicyclic) bond motifs is 1. The van der Waals surface area contributed by atoms with Crippen LogP contribution in [0.2, 0.25) is 10.0 Å². The monoisotopic (exact) mass is 458 g/mol. The van der Waals surface area contributed by atoms with E-state index in [0.717, 1.165) is 36.2 Å². The highest BCUT2D eigenvalue weighted by atomic mass is 35.5. The van der Waals surface area contributed by atoms with E-state index in [-0.39, 0.29) is 18.0 Å². The lowest BCUT2D eigenvalue weighted by Crippen LogP contribution is -2.50. The van der Waals surface area contributed by atoms with Crippen molar-refractivity contribution < 1.29 is 4.79 Å². The van der Waals surface area contributed by atoms with Crippen LogP contribution in [0.1, 0.15) is 42.9 Å². The molecule has 0 radical (unpaired) electrons. The van der Waals surface area contributed by atoms with Crippen molar-refractivity contribution in [2.24, 2.45) is 11.8 Å². The maximum Gasteiger partial charge on any atom is 0.253 e. The standard InChI is InChI=1S/C24H28Cl2N4O/c1-15-5-7-16(8-6-15)23-12-21(27-30(23)22-10-9-19(25)11-20(22)26)24(31)28-29-13-17-3-2-4-18(17)14-29/h5-11,17-18,21,23,27H,2-4,12-14H2,1H3,(H,28,31). The molecule has 4 unspecified atom stereocenters. The Bertz CT molecular complexity index is 955. The van der Waals surface area contributed by atoms with E-state index in [4.69, 9.17) is 23.2 Å². The summed E-state index contributed by atoms with van der Waals surface area (Å²) in [5.74, 6) is 1.49. The van der Waals surface area contributed by atoms with Gasteiger partial charge in [0.2, 0.25) is 0 Å². The third-order valence-corrected chi connectivity index (χ3v) is 7.55. The highest BCUT2D eigenvalue weighted by Gasteiger charge is 2.40. The summed E-state index contributed by atoms with van der Waals surface area (Å²) < 4.78 is 0. The van der Waals surface area contributed by atoms with Crippen molar-refractivity contribution in [3.8, 4) is 0 Å². The second kappa shape index (κ2) is 8.62. The van der Waals surface area contributed by atoms with Gasteiger partial charge in [-0.1, -0.05) is 59.5 Å². The molecule has 31 heavy (non-hydrogen) atoms. The van der Waals surface area contributed by atoms with Crippen LogP contribution < -0.4 is 15.9 Å². The summed E-state index contributed by atoms with van der Waals surface area (Å²) in [4.78, 5) is 13.2. The molecule has 164 valence electrons. The molecule has 2 aromatic carbocycles. The molecular formula is C24H28Cl2N4O. The zero-order valence-electron chi connectivity index (χ0n) is 17.7. The molecule has 1 aliphatic carbocycles. The number of amides is 1. The maximum absolute atomic E-state index is 13.2. The summed E-state index contributed by atoms with van der Waals surface area (Å²) in [5, 5.41) is 5.29. The molecule has 5 nitrogen and oxygen atoms in total. The molecular weight excluding hydrogens is 431 g/mol. The number of hydrazine groups is 2. The lowest BCUT2D eigenvalue weighted by molar-refractivity contribution is -0.127. The Morgan fingerprint density at radius 3 is 2.45 bits per heavy atom. The van der Waals surface area contributed by atoms with E-state index in [1.54, 1.807) is 6.07 Å².